The highest BCUT2D eigenvalue weighted by molar-refractivity contribution is 7.09. The fourth-order valence-electron chi connectivity index (χ4n) is 4.39. The Hall–Kier alpha value is -3.96. The van der Waals surface area contributed by atoms with Crippen molar-refractivity contribution < 1.29 is 19.1 Å². The Balaban J connectivity index is 1.82. The number of hydrogen-bond donors (Lipinski definition) is 3. The number of aromatic nitrogens is 1. The number of benzene rings is 2. The van der Waals surface area contributed by atoms with Crippen LogP contribution in [0.5, 0.6) is 0 Å². The third kappa shape index (κ3) is 5.79. The summed E-state index contributed by atoms with van der Waals surface area (Å²) in [6, 6.07) is 13.7. The molecule has 0 spiro atoms. The highest BCUT2D eigenvalue weighted by atomic mass is 32.1. The number of nitrogens with one attached hydrogen (secondary N) is 1. The lowest BCUT2D eigenvalue weighted by atomic mass is 10.0. The van der Waals surface area contributed by atoms with Crippen LogP contribution in [0.4, 0.5) is 17.1 Å². The van der Waals surface area contributed by atoms with Gasteiger partial charge in [0.1, 0.15) is 10.9 Å². The molecule has 10 nitrogen and oxygen atoms in total. The molecule has 1 saturated heterocycles. The van der Waals surface area contributed by atoms with E-state index in [1.165, 1.54) is 4.90 Å². The molecular weight excluding hydrogens is 504 g/mol. The van der Waals surface area contributed by atoms with Crippen LogP contribution in [0.25, 0.3) is 0 Å². The lowest BCUT2D eigenvalue weighted by Crippen LogP contribution is -2.45. The van der Waals surface area contributed by atoms with Gasteiger partial charge in [0.2, 0.25) is 5.91 Å². The highest BCUT2D eigenvalue weighted by Crippen LogP contribution is 2.34. The maximum Gasteiger partial charge on any atom is 0.273 e. The van der Waals surface area contributed by atoms with Gasteiger partial charge in [0.25, 0.3) is 11.8 Å². The van der Waals surface area contributed by atoms with E-state index in [4.69, 9.17) is 16.2 Å². The number of primary amides is 1. The molecule has 1 aliphatic rings. The molecule has 5 N–H and O–H groups in total. The van der Waals surface area contributed by atoms with Crippen LogP contribution in [-0.4, -0.2) is 55.4 Å². The lowest BCUT2D eigenvalue weighted by Gasteiger charge is -2.32. The van der Waals surface area contributed by atoms with Crippen molar-refractivity contribution in [3.05, 3.63) is 70.2 Å². The zero-order valence-electron chi connectivity index (χ0n) is 21.6. The first-order valence-corrected chi connectivity index (χ1v) is 13.1. The Morgan fingerprint density at radius 2 is 1.89 bits per heavy atom. The second kappa shape index (κ2) is 11.6. The number of anilines is 3. The van der Waals surface area contributed by atoms with Crippen molar-refractivity contribution in [2.75, 3.05) is 42.8 Å². The van der Waals surface area contributed by atoms with Gasteiger partial charge in [0.05, 0.1) is 11.8 Å². The van der Waals surface area contributed by atoms with Gasteiger partial charge in [0, 0.05) is 38.6 Å². The minimum Gasteiger partial charge on any atom is -0.395 e. The van der Waals surface area contributed by atoms with Crippen molar-refractivity contribution in [1.29, 1.82) is 0 Å². The molecule has 200 valence electrons. The SMILES string of the molecule is Cc1cccc(N(C(=O)c2snc(C(N)=O)c2N)[C@@H](C(=O)NC[C@H]2CCCO2)c2ccc(N(C)C)cc2)c1. The Morgan fingerprint density at radius 3 is 2.47 bits per heavy atom. The van der Waals surface area contributed by atoms with Crippen LogP contribution < -0.4 is 26.6 Å². The topological polar surface area (TPSA) is 144 Å². The molecule has 0 radical (unpaired) electrons. The molecule has 3 aromatic rings. The summed E-state index contributed by atoms with van der Waals surface area (Å²) >= 11 is 0.779. The average Bonchev–Trinajstić information content (AvgIpc) is 3.55. The molecular formula is C27H32N6O4S. The molecule has 3 amide bonds. The molecule has 4 rings (SSSR count). The van der Waals surface area contributed by atoms with Gasteiger partial charge in [-0.1, -0.05) is 24.3 Å². The van der Waals surface area contributed by atoms with Crippen LogP contribution in [0.3, 0.4) is 0 Å². The van der Waals surface area contributed by atoms with Crippen LogP contribution in [0.1, 0.15) is 50.2 Å². The van der Waals surface area contributed by atoms with E-state index >= 15 is 0 Å². The van der Waals surface area contributed by atoms with E-state index in [2.05, 4.69) is 9.69 Å². The summed E-state index contributed by atoms with van der Waals surface area (Å²) in [5.74, 6) is -1.76. The van der Waals surface area contributed by atoms with Gasteiger partial charge in [0.15, 0.2) is 5.69 Å². The zero-order chi connectivity index (χ0) is 27.4. The predicted octanol–water partition coefficient (Wildman–Crippen LogP) is 2.88. The number of amides is 3. The van der Waals surface area contributed by atoms with Crippen molar-refractivity contribution in [2.45, 2.75) is 31.9 Å². The molecule has 0 saturated carbocycles. The van der Waals surface area contributed by atoms with Crippen LogP contribution in [-0.2, 0) is 9.53 Å². The number of nitrogen functional groups attached to an aromatic ring is 1. The normalized spacial score (nSPS) is 15.6. The maximum atomic E-state index is 14.1. The standard InChI is InChI=1S/C27H32N6O4S/c1-16-6-4-7-19(14-16)33(27(36)24-21(28)22(25(29)34)31-38-24)23(17-9-11-18(12-10-17)32(2)3)26(35)30-15-20-8-5-13-37-20/h4,6-7,9-12,14,20,23H,5,8,13,15,28H2,1-3H3,(H2,29,34)(H,30,35)/t20-,23-/m1/s1. The molecule has 38 heavy (non-hydrogen) atoms. The molecule has 2 atom stereocenters. The van der Waals surface area contributed by atoms with Gasteiger partial charge in [-0.05, 0) is 66.7 Å². The monoisotopic (exact) mass is 536 g/mol. The number of aryl methyl sites for hydroxylation is 1. The smallest absolute Gasteiger partial charge is 0.273 e. The molecule has 0 aliphatic carbocycles. The minimum atomic E-state index is -1.04. The van der Waals surface area contributed by atoms with E-state index in [0.717, 1.165) is 35.6 Å². The molecule has 1 fully saturated rings. The van der Waals surface area contributed by atoms with Crippen LogP contribution in [0.2, 0.25) is 0 Å². The first-order valence-electron chi connectivity index (χ1n) is 12.3. The fraction of sp³-hybridized carbons (Fsp3) is 0.333. The van der Waals surface area contributed by atoms with Gasteiger partial charge in [-0.3, -0.25) is 19.3 Å². The second-order valence-corrected chi connectivity index (χ2v) is 10.2. The zero-order valence-corrected chi connectivity index (χ0v) is 22.5. The summed E-state index contributed by atoms with van der Waals surface area (Å²) in [6.07, 6.45) is 1.72. The second-order valence-electron chi connectivity index (χ2n) is 9.42. The summed E-state index contributed by atoms with van der Waals surface area (Å²) in [7, 11) is 3.85. The van der Waals surface area contributed by atoms with Crippen LogP contribution in [0.15, 0.2) is 48.5 Å². The third-order valence-electron chi connectivity index (χ3n) is 6.41. The number of nitrogens with two attached hydrogens (primary N) is 2. The molecule has 0 bridgehead atoms. The summed E-state index contributed by atoms with van der Waals surface area (Å²) in [6.45, 7) is 2.89. The lowest BCUT2D eigenvalue weighted by molar-refractivity contribution is -0.123. The first-order chi connectivity index (χ1) is 18.2. The molecule has 2 aromatic carbocycles. The van der Waals surface area contributed by atoms with Gasteiger partial charge < -0.3 is 26.4 Å². The van der Waals surface area contributed by atoms with Crippen molar-refractivity contribution in [3.8, 4) is 0 Å². The van der Waals surface area contributed by atoms with Crippen LogP contribution >= 0.6 is 11.5 Å². The maximum absolute atomic E-state index is 14.1. The third-order valence-corrected chi connectivity index (χ3v) is 7.26. The number of rotatable bonds is 9. The van der Waals surface area contributed by atoms with Crippen molar-refractivity contribution in [1.82, 2.24) is 9.69 Å². The molecule has 1 aromatic heterocycles. The van der Waals surface area contributed by atoms with E-state index in [9.17, 15) is 14.4 Å². The Morgan fingerprint density at radius 1 is 1.16 bits per heavy atom. The van der Waals surface area contributed by atoms with Crippen molar-refractivity contribution in [2.24, 2.45) is 5.73 Å². The Bertz CT molecular complexity index is 1320. The minimum absolute atomic E-state index is 0.0298. The predicted molar refractivity (Wildman–Crippen MR) is 149 cm³/mol. The molecule has 2 heterocycles. The van der Waals surface area contributed by atoms with E-state index in [-0.39, 0.29) is 28.3 Å². The van der Waals surface area contributed by atoms with Gasteiger partial charge >= 0.3 is 0 Å². The highest BCUT2D eigenvalue weighted by Gasteiger charge is 2.36. The summed E-state index contributed by atoms with van der Waals surface area (Å²) in [5, 5.41) is 2.98. The summed E-state index contributed by atoms with van der Waals surface area (Å²) < 4.78 is 9.68. The van der Waals surface area contributed by atoms with Crippen molar-refractivity contribution >= 4 is 46.3 Å². The molecule has 11 heteroatoms. The van der Waals surface area contributed by atoms with Gasteiger partial charge in [-0.25, -0.2) is 0 Å². The number of carbonyl (C=O) groups excluding carboxylic acids is 3. The number of ether oxygens (including phenoxy) is 1. The summed E-state index contributed by atoms with van der Waals surface area (Å²) in [5.41, 5.74) is 14.2. The Labute approximate surface area is 225 Å². The van der Waals surface area contributed by atoms with E-state index in [1.54, 1.807) is 6.07 Å². The number of nitrogens with zero attached hydrogens (tertiary/aromatic N) is 3. The average molecular weight is 537 g/mol. The van der Waals surface area contributed by atoms with Crippen molar-refractivity contribution in [3.63, 3.8) is 0 Å². The Kier molecular flexibility index (Phi) is 8.28. The summed E-state index contributed by atoms with van der Waals surface area (Å²) in [4.78, 5) is 43.1. The van der Waals surface area contributed by atoms with E-state index in [0.29, 0.717) is 24.4 Å². The molecule has 1 aliphatic heterocycles. The van der Waals surface area contributed by atoms with E-state index < -0.39 is 17.9 Å². The number of carbonyl (C=O) groups is 3. The first kappa shape index (κ1) is 27.1. The molecule has 0 unspecified atom stereocenters. The largest absolute Gasteiger partial charge is 0.395 e. The van der Waals surface area contributed by atoms with Gasteiger partial charge in [-0.2, -0.15) is 4.37 Å². The van der Waals surface area contributed by atoms with E-state index in [1.807, 2.05) is 68.4 Å². The van der Waals surface area contributed by atoms with Gasteiger partial charge in [-0.15, -0.1) is 0 Å². The quantitative estimate of drug-likeness (QED) is 0.381. The fourth-order valence-corrected chi connectivity index (χ4v) is 5.13. The number of hydrogen-bond acceptors (Lipinski definition) is 8. The van der Waals surface area contributed by atoms with Crippen LogP contribution in [0, 0.1) is 6.92 Å².